The van der Waals surface area contributed by atoms with Crippen LogP contribution in [-0.2, 0) is 0 Å². The highest BCUT2D eigenvalue weighted by molar-refractivity contribution is 5.26. The van der Waals surface area contributed by atoms with Crippen molar-refractivity contribution in [3.63, 3.8) is 0 Å². The first-order chi connectivity index (χ1) is 6.15. The average Bonchev–Trinajstić information content (AvgIpc) is 2.17. The van der Waals surface area contributed by atoms with Crippen molar-refractivity contribution < 1.29 is 0 Å². The first kappa shape index (κ1) is 10.3. The van der Waals surface area contributed by atoms with Crippen LogP contribution in [-0.4, -0.2) is 0 Å². The molecule has 13 heavy (non-hydrogen) atoms. The molecular formula is C12H19N. The van der Waals surface area contributed by atoms with E-state index < -0.39 is 0 Å². The van der Waals surface area contributed by atoms with E-state index in [9.17, 15) is 0 Å². The van der Waals surface area contributed by atoms with Gasteiger partial charge in [-0.05, 0) is 23.5 Å². The third-order valence-corrected chi connectivity index (χ3v) is 2.47. The molecule has 0 aliphatic heterocycles. The lowest BCUT2D eigenvalue weighted by atomic mass is 9.98. The van der Waals surface area contributed by atoms with Crippen LogP contribution in [0.1, 0.15) is 50.3 Å². The van der Waals surface area contributed by atoms with Gasteiger partial charge in [-0.15, -0.1) is 0 Å². The van der Waals surface area contributed by atoms with Crippen molar-refractivity contribution in [2.75, 3.05) is 0 Å². The number of rotatable bonds is 3. The van der Waals surface area contributed by atoms with Crippen molar-refractivity contribution >= 4 is 0 Å². The molecule has 1 aromatic carbocycles. The van der Waals surface area contributed by atoms with E-state index in [0.717, 1.165) is 6.42 Å². The molecule has 1 rings (SSSR count). The fourth-order valence-corrected chi connectivity index (χ4v) is 1.36. The first-order valence-corrected chi connectivity index (χ1v) is 5.00. The molecule has 0 amide bonds. The van der Waals surface area contributed by atoms with Crippen molar-refractivity contribution in [1.29, 1.82) is 0 Å². The monoisotopic (exact) mass is 177 g/mol. The van der Waals surface area contributed by atoms with Crippen LogP contribution in [0, 0.1) is 0 Å². The molecular weight excluding hydrogens is 158 g/mol. The van der Waals surface area contributed by atoms with Gasteiger partial charge in [0.25, 0.3) is 0 Å². The largest absolute Gasteiger partial charge is 0.324 e. The zero-order valence-corrected chi connectivity index (χ0v) is 8.75. The first-order valence-electron chi connectivity index (χ1n) is 5.00. The number of hydrogen-bond acceptors (Lipinski definition) is 1. The van der Waals surface area contributed by atoms with E-state index in [-0.39, 0.29) is 6.04 Å². The van der Waals surface area contributed by atoms with E-state index in [4.69, 9.17) is 5.73 Å². The maximum atomic E-state index is 5.92. The van der Waals surface area contributed by atoms with Gasteiger partial charge in [0, 0.05) is 6.04 Å². The normalized spacial score (nSPS) is 13.3. The summed E-state index contributed by atoms with van der Waals surface area (Å²) in [6.45, 7) is 6.52. The van der Waals surface area contributed by atoms with Gasteiger partial charge in [-0.2, -0.15) is 0 Å². The lowest BCUT2D eigenvalue weighted by Gasteiger charge is -2.11. The van der Waals surface area contributed by atoms with Crippen molar-refractivity contribution in [2.45, 2.75) is 39.2 Å². The van der Waals surface area contributed by atoms with Crippen LogP contribution in [0.2, 0.25) is 0 Å². The van der Waals surface area contributed by atoms with E-state index in [2.05, 4.69) is 45.0 Å². The van der Waals surface area contributed by atoms with Crippen molar-refractivity contribution in [1.82, 2.24) is 0 Å². The maximum absolute atomic E-state index is 5.92. The summed E-state index contributed by atoms with van der Waals surface area (Å²) in [5, 5.41) is 0. The quantitative estimate of drug-likeness (QED) is 0.753. The molecule has 0 heterocycles. The van der Waals surface area contributed by atoms with E-state index in [1.165, 1.54) is 11.1 Å². The molecule has 2 N–H and O–H groups in total. The Morgan fingerprint density at radius 1 is 1.08 bits per heavy atom. The Morgan fingerprint density at radius 3 is 1.92 bits per heavy atom. The summed E-state index contributed by atoms with van der Waals surface area (Å²) in [5.74, 6) is 0.604. The van der Waals surface area contributed by atoms with Crippen molar-refractivity contribution in [3.05, 3.63) is 35.4 Å². The summed E-state index contributed by atoms with van der Waals surface area (Å²) in [6.07, 6.45) is 1.00. The summed E-state index contributed by atoms with van der Waals surface area (Å²) in [6, 6.07) is 8.83. The minimum atomic E-state index is 0.196. The van der Waals surface area contributed by atoms with Gasteiger partial charge in [0.2, 0.25) is 0 Å². The molecule has 0 spiro atoms. The highest BCUT2D eigenvalue weighted by atomic mass is 14.6. The number of benzene rings is 1. The number of nitrogens with two attached hydrogens (primary N) is 1. The SMILES string of the molecule is CC[C@H](N)c1ccc(C(C)C)cc1. The second-order valence-corrected chi connectivity index (χ2v) is 3.84. The molecule has 72 valence electrons. The van der Waals surface area contributed by atoms with Crippen LogP contribution < -0.4 is 5.73 Å². The minimum Gasteiger partial charge on any atom is -0.324 e. The Hall–Kier alpha value is -0.820. The van der Waals surface area contributed by atoms with Gasteiger partial charge >= 0.3 is 0 Å². The van der Waals surface area contributed by atoms with Gasteiger partial charge in [0.15, 0.2) is 0 Å². The summed E-state index contributed by atoms with van der Waals surface area (Å²) in [5.41, 5.74) is 8.54. The second kappa shape index (κ2) is 4.43. The summed E-state index contributed by atoms with van der Waals surface area (Å²) < 4.78 is 0. The van der Waals surface area contributed by atoms with Gasteiger partial charge < -0.3 is 5.73 Å². The van der Waals surface area contributed by atoms with Crippen LogP contribution in [0.25, 0.3) is 0 Å². The maximum Gasteiger partial charge on any atom is 0.0292 e. The highest BCUT2D eigenvalue weighted by Gasteiger charge is 2.03. The van der Waals surface area contributed by atoms with Crippen LogP contribution in [0.3, 0.4) is 0 Å². The summed E-state index contributed by atoms with van der Waals surface area (Å²) in [4.78, 5) is 0. The molecule has 0 bridgehead atoms. The lowest BCUT2D eigenvalue weighted by molar-refractivity contribution is 0.697. The molecule has 1 nitrogen and oxygen atoms in total. The zero-order valence-electron chi connectivity index (χ0n) is 8.75. The van der Waals surface area contributed by atoms with Gasteiger partial charge in [-0.1, -0.05) is 45.0 Å². The summed E-state index contributed by atoms with van der Waals surface area (Å²) >= 11 is 0. The predicted molar refractivity (Wildman–Crippen MR) is 57.8 cm³/mol. The molecule has 0 aliphatic carbocycles. The van der Waals surface area contributed by atoms with Gasteiger partial charge in [-0.3, -0.25) is 0 Å². The van der Waals surface area contributed by atoms with Crippen LogP contribution in [0.5, 0.6) is 0 Å². The highest BCUT2D eigenvalue weighted by Crippen LogP contribution is 2.18. The third kappa shape index (κ3) is 2.56. The van der Waals surface area contributed by atoms with Crippen LogP contribution >= 0.6 is 0 Å². The lowest BCUT2D eigenvalue weighted by Crippen LogP contribution is -2.08. The molecule has 0 aliphatic rings. The topological polar surface area (TPSA) is 26.0 Å². The predicted octanol–water partition coefficient (Wildman–Crippen LogP) is 3.22. The Labute approximate surface area is 81.0 Å². The fraction of sp³-hybridized carbons (Fsp3) is 0.500. The molecule has 0 fully saturated rings. The molecule has 0 radical (unpaired) electrons. The summed E-state index contributed by atoms with van der Waals surface area (Å²) in [7, 11) is 0. The average molecular weight is 177 g/mol. The Bertz CT molecular complexity index is 248. The van der Waals surface area contributed by atoms with E-state index in [1.54, 1.807) is 0 Å². The van der Waals surface area contributed by atoms with Crippen molar-refractivity contribution in [3.8, 4) is 0 Å². The minimum absolute atomic E-state index is 0.196. The molecule has 0 aromatic heterocycles. The second-order valence-electron chi connectivity index (χ2n) is 3.84. The molecule has 0 saturated heterocycles. The standard InChI is InChI=1S/C12H19N/c1-4-12(13)11-7-5-10(6-8-11)9(2)3/h5-9,12H,4,13H2,1-3H3/t12-/m0/s1. The zero-order chi connectivity index (χ0) is 9.84. The fourth-order valence-electron chi connectivity index (χ4n) is 1.36. The molecule has 1 heteroatoms. The molecule has 0 unspecified atom stereocenters. The van der Waals surface area contributed by atoms with Gasteiger partial charge in [-0.25, -0.2) is 0 Å². The Balaban J connectivity index is 2.81. The molecule has 1 atom stereocenters. The molecule has 0 saturated carbocycles. The van der Waals surface area contributed by atoms with E-state index >= 15 is 0 Å². The molecule has 1 aromatic rings. The van der Waals surface area contributed by atoms with E-state index in [1.807, 2.05) is 0 Å². The van der Waals surface area contributed by atoms with Crippen molar-refractivity contribution in [2.24, 2.45) is 5.73 Å². The van der Waals surface area contributed by atoms with Gasteiger partial charge in [0.1, 0.15) is 0 Å². The van der Waals surface area contributed by atoms with Crippen LogP contribution in [0.4, 0.5) is 0 Å². The van der Waals surface area contributed by atoms with Crippen LogP contribution in [0.15, 0.2) is 24.3 Å². The Morgan fingerprint density at radius 2 is 1.54 bits per heavy atom. The Kier molecular flexibility index (Phi) is 3.49. The smallest absolute Gasteiger partial charge is 0.0292 e. The third-order valence-electron chi connectivity index (χ3n) is 2.47. The number of hydrogen-bond donors (Lipinski definition) is 1. The van der Waals surface area contributed by atoms with E-state index in [0.29, 0.717) is 5.92 Å². The van der Waals surface area contributed by atoms with Gasteiger partial charge in [0.05, 0.1) is 0 Å².